The number of aryl methyl sites for hydroxylation is 2. The normalized spacial score (nSPS) is 10.6. The van der Waals surface area contributed by atoms with Crippen LogP contribution in [0.25, 0.3) is 22.5 Å². The summed E-state index contributed by atoms with van der Waals surface area (Å²) in [6, 6.07) is 28.6. The Bertz CT molecular complexity index is 1150. The Morgan fingerprint density at radius 1 is 0.774 bits per heavy atom. The van der Waals surface area contributed by atoms with Crippen molar-refractivity contribution >= 4 is 5.69 Å². The van der Waals surface area contributed by atoms with Crippen molar-refractivity contribution in [1.29, 1.82) is 0 Å². The van der Waals surface area contributed by atoms with Crippen molar-refractivity contribution in [2.24, 2.45) is 0 Å². The highest BCUT2D eigenvalue weighted by atomic mass is 15.2. The molecule has 0 saturated carbocycles. The van der Waals surface area contributed by atoms with Crippen LogP contribution in [0.2, 0.25) is 0 Å². The average Bonchev–Trinajstić information content (AvgIpc) is 2.84. The van der Waals surface area contributed by atoms with Crippen molar-refractivity contribution in [1.82, 2.24) is 15.2 Å². The molecule has 3 aromatic carbocycles. The number of hydrogen-bond acceptors (Lipinski definition) is 4. The molecule has 1 heterocycles. The molecule has 1 N–H and O–H groups in total. The third-order valence-corrected chi connectivity index (χ3v) is 5.19. The smallest absolute Gasteiger partial charge is 0.152 e. The number of allylic oxidation sites excluding steroid dienone is 1. The summed E-state index contributed by atoms with van der Waals surface area (Å²) in [5.74, 6) is 0.713. The molecular weight excluding hydrogens is 380 g/mol. The van der Waals surface area contributed by atoms with Gasteiger partial charge >= 0.3 is 0 Å². The average molecular weight is 407 g/mol. The van der Waals surface area contributed by atoms with Crippen molar-refractivity contribution < 1.29 is 0 Å². The van der Waals surface area contributed by atoms with Crippen LogP contribution in [-0.2, 0) is 12.8 Å². The van der Waals surface area contributed by atoms with E-state index < -0.39 is 0 Å². The van der Waals surface area contributed by atoms with Crippen LogP contribution in [0.1, 0.15) is 24.7 Å². The van der Waals surface area contributed by atoms with Gasteiger partial charge < -0.3 is 5.32 Å². The van der Waals surface area contributed by atoms with Crippen LogP contribution < -0.4 is 5.32 Å². The molecule has 0 aliphatic carbocycles. The highest BCUT2D eigenvalue weighted by Gasteiger charge is 2.13. The third-order valence-electron chi connectivity index (χ3n) is 5.19. The maximum atomic E-state index is 4.89. The van der Waals surface area contributed by atoms with Gasteiger partial charge in [-0.3, -0.25) is 0 Å². The van der Waals surface area contributed by atoms with Gasteiger partial charge in [-0.2, -0.15) is 0 Å². The first-order valence-electron chi connectivity index (χ1n) is 10.6. The number of para-hydroxylation sites is 1. The minimum absolute atomic E-state index is 0.669. The van der Waals surface area contributed by atoms with Crippen LogP contribution in [0, 0.1) is 0 Å². The van der Waals surface area contributed by atoms with Crippen LogP contribution in [0.15, 0.2) is 97.2 Å². The quantitative estimate of drug-likeness (QED) is 0.372. The molecule has 0 fully saturated rings. The number of aromatic nitrogens is 3. The maximum absolute atomic E-state index is 4.89. The van der Waals surface area contributed by atoms with Crippen LogP contribution in [0.5, 0.6) is 0 Å². The zero-order valence-electron chi connectivity index (χ0n) is 17.8. The van der Waals surface area contributed by atoms with Crippen molar-refractivity contribution in [3.05, 3.63) is 109 Å². The SMILES string of the molecule is C=C(CCc1nnc(-c2ccccc2)c(-c2ccccc2)n1)Nc1ccccc1CC. The minimum Gasteiger partial charge on any atom is -0.359 e. The largest absolute Gasteiger partial charge is 0.359 e. The van der Waals surface area contributed by atoms with E-state index in [4.69, 9.17) is 4.98 Å². The summed E-state index contributed by atoms with van der Waals surface area (Å²) in [6.07, 6.45) is 2.38. The molecule has 0 aliphatic rings. The van der Waals surface area contributed by atoms with E-state index in [-0.39, 0.29) is 0 Å². The van der Waals surface area contributed by atoms with E-state index in [9.17, 15) is 0 Å². The Labute approximate surface area is 183 Å². The lowest BCUT2D eigenvalue weighted by Gasteiger charge is -2.13. The summed E-state index contributed by atoms with van der Waals surface area (Å²) < 4.78 is 0. The highest BCUT2D eigenvalue weighted by Crippen LogP contribution is 2.28. The van der Waals surface area contributed by atoms with Gasteiger partial charge in [0.05, 0.1) is 0 Å². The van der Waals surface area contributed by atoms with E-state index in [1.54, 1.807) is 0 Å². The van der Waals surface area contributed by atoms with Crippen LogP contribution in [0.3, 0.4) is 0 Å². The number of benzene rings is 3. The molecule has 4 nitrogen and oxygen atoms in total. The second-order valence-corrected chi connectivity index (χ2v) is 7.40. The Hall–Kier alpha value is -3.79. The van der Waals surface area contributed by atoms with Crippen molar-refractivity contribution in [2.75, 3.05) is 5.32 Å². The molecule has 0 spiro atoms. The van der Waals surface area contributed by atoms with Gasteiger partial charge in [-0.1, -0.05) is 92.4 Å². The van der Waals surface area contributed by atoms with E-state index in [1.165, 1.54) is 5.56 Å². The van der Waals surface area contributed by atoms with Crippen molar-refractivity contribution in [2.45, 2.75) is 26.2 Å². The molecule has 4 rings (SSSR count). The van der Waals surface area contributed by atoms with Gasteiger partial charge in [-0.05, 0) is 24.5 Å². The summed E-state index contributed by atoms with van der Waals surface area (Å²) >= 11 is 0. The maximum Gasteiger partial charge on any atom is 0.152 e. The minimum atomic E-state index is 0.669. The first-order valence-corrected chi connectivity index (χ1v) is 10.6. The van der Waals surface area contributed by atoms with Gasteiger partial charge in [0.2, 0.25) is 0 Å². The fourth-order valence-electron chi connectivity index (χ4n) is 3.52. The van der Waals surface area contributed by atoms with Gasteiger partial charge in [0.25, 0.3) is 0 Å². The molecule has 0 unspecified atom stereocenters. The first-order chi connectivity index (χ1) is 15.2. The first kappa shape index (κ1) is 20.5. The standard InChI is InChI=1S/C27H26N4/c1-3-21-12-10-11-17-24(21)28-20(2)18-19-25-29-26(22-13-6-4-7-14-22)27(31-30-25)23-15-8-5-9-16-23/h4-17,28H,2-3,18-19H2,1H3. The van der Waals surface area contributed by atoms with Gasteiger partial charge in [0.15, 0.2) is 5.82 Å². The lowest BCUT2D eigenvalue weighted by molar-refractivity contribution is 0.806. The molecule has 4 heteroatoms. The molecular formula is C27H26N4. The lowest BCUT2D eigenvalue weighted by Crippen LogP contribution is -2.06. The van der Waals surface area contributed by atoms with E-state index in [0.717, 1.165) is 46.7 Å². The molecule has 0 bridgehead atoms. The molecule has 0 radical (unpaired) electrons. The van der Waals surface area contributed by atoms with E-state index in [0.29, 0.717) is 12.2 Å². The molecule has 154 valence electrons. The number of nitrogens with one attached hydrogen (secondary N) is 1. The van der Waals surface area contributed by atoms with Crippen molar-refractivity contribution in [3.8, 4) is 22.5 Å². The molecule has 4 aromatic rings. The summed E-state index contributed by atoms with van der Waals surface area (Å²) in [5.41, 5.74) is 7.02. The molecule has 31 heavy (non-hydrogen) atoms. The summed E-state index contributed by atoms with van der Waals surface area (Å²) in [4.78, 5) is 4.89. The Balaban J connectivity index is 1.55. The van der Waals surface area contributed by atoms with Gasteiger partial charge in [-0.25, -0.2) is 4.98 Å². The van der Waals surface area contributed by atoms with E-state index >= 15 is 0 Å². The second kappa shape index (κ2) is 9.81. The third kappa shape index (κ3) is 5.04. The zero-order chi connectivity index (χ0) is 21.5. The van der Waals surface area contributed by atoms with Crippen LogP contribution in [-0.4, -0.2) is 15.2 Å². The Morgan fingerprint density at radius 2 is 1.39 bits per heavy atom. The molecule has 1 aromatic heterocycles. The fraction of sp³-hybridized carbons (Fsp3) is 0.148. The molecule has 0 aliphatic heterocycles. The highest BCUT2D eigenvalue weighted by molar-refractivity contribution is 5.77. The molecule has 0 saturated heterocycles. The summed E-state index contributed by atoms with van der Waals surface area (Å²) in [7, 11) is 0. The Kier molecular flexibility index (Phi) is 6.48. The number of anilines is 1. The van der Waals surface area contributed by atoms with E-state index in [1.807, 2.05) is 54.6 Å². The van der Waals surface area contributed by atoms with Gasteiger partial charge in [-0.15, -0.1) is 10.2 Å². The monoisotopic (exact) mass is 406 g/mol. The van der Waals surface area contributed by atoms with E-state index in [2.05, 4.69) is 59.3 Å². The molecule has 0 atom stereocenters. The van der Waals surface area contributed by atoms with Gasteiger partial charge in [0.1, 0.15) is 11.4 Å². The Morgan fingerprint density at radius 3 is 2.06 bits per heavy atom. The summed E-state index contributed by atoms with van der Waals surface area (Å²) in [5, 5.41) is 12.4. The van der Waals surface area contributed by atoms with Crippen LogP contribution >= 0.6 is 0 Å². The number of hydrogen-bond donors (Lipinski definition) is 1. The number of nitrogens with zero attached hydrogens (tertiary/aromatic N) is 3. The number of rotatable bonds is 8. The lowest BCUT2D eigenvalue weighted by atomic mass is 10.0. The summed E-state index contributed by atoms with van der Waals surface area (Å²) in [6.45, 7) is 6.35. The van der Waals surface area contributed by atoms with Crippen LogP contribution in [0.4, 0.5) is 5.69 Å². The van der Waals surface area contributed by atoms with Gasteiger partial charge in [0, 0.05) is 28.9 Å². The molecule has 0 amide bonds. The zero-order valence-corrected chi connectivity index (χ0v) is 17.8. The fourth-order valence-corrected chi connectivity index (χ4v) is 3.52. The predicted octanol–water partition coefficient (Wildman–Crippen LogP) is 6.33. The second-order valence-electron chi connectivity index (χ2n) is 7.40. The van der Waals surface area contributed by atoms with Crippen molar-refractivity contribution in [3.63, 3.8) is 0 Å². The topological polar surface area (TPSA) is 50.7 Å². The predicted molar refractivity (Wildman–Crippen MR) is 128 cm³/mol.